The Morgan fingerprint density at radius 1 is 0.590 bits per heavy atom. The average Bonchev–Trinajstić information content (AvgIpc) is 3.36. The quantitative estimate of drug-likeness (QED) is 0.223. The number of rotatable bonds is 5. The average molecular weight is 521 g/mol. The van der Waals surface area contributed by atoms with Gasteiger partial charge in [0, 0.05) is 39.1 Å². The van der Waals surface area contributed by atoms with Gasteiger partial charge in [0.2, 0.25) is 0 Å². The molecule has 0 spiro atoms. The van der Waals surface area contributed by atoms with Crippen molar-refractivity contribution in [2.45, 2.75) is 6.54 Å². The van der Waals surface area contributed by atoms with Crippen LogP contribution in [0.2, 0.25) is 0 Å². The van der Waals surface area contributed by atoms with Crippen molar-refractivity contribution in [2.24, 2.45) is 0 Å². The van der Waals surface area contributed by atoms with Crippen molar-refractivity contribution >= 4 is 44.6 Å². The van der Waals surface area contributed by atoms with E-state index in [1.165, 1.54) is 48.5 Å². The summed E-state index contributed by atoms with van der Waals surface area (Å²) in [5, 5.41) is 1.34. The zero-order chi connectivity index (χ0) is 26.2. The first-order valence-corrected chi connectivity index (χ1v) is 14.1. The molecule has 0 fully saturated rings. The van der Waals surface area contributed by atoms with Crippen LogP contribution >= 0.6 is 11.3 Å². The van der Waals surface area contributed by atoms with Gasteiger partial charge in [0.15, 0.2) is 0 Å². The molecule has 0 bridgehead atoms. The Kier molecular flexibility index (Phi) is 5.99. The van der Waals surface area contributed by atoms with Gasteiger partial charge < -0.3 is 9.80 Å². The van der Waals surface area contributed by atoms with Crippen molar-refractivity contribution in [1.82, 2.24) is 4.90 Å². The summed E-state index contributed by atoms with van der Waals surface area (Å²) < 4.78 is 1.32. The number of thiophene rings is 1. The SMILES string of the molecule is CN1C=Cc2c(sc3cc(N(c4ccc(-c5ccccc5)cc4)c4ccc(-c5ccccc5)cc4)ccc23)C1. The van der Waals surface area contributed by atoms with Crippen LogP contribution < -0.4 is 4.90 Å². The normalized spacial score (nSPS) is 12.5. The summed E-state index contributed by atoms with van der Waals surface area (Å²) in [6.45, 7) is 0.964. The summed E-state index contributed by atoms with van der Waals surface area (Å²) >= 11 is 1.91. The van der Waals surface area contributed by atoms with Gasteiger partial charge in [-0.05, 0) is 76.5 Å². The van der Waals surface area contributed by atoms with Gasteiger partial charge in [-0.2, -0.15) is 0 Å². The molecule has 0 saturated heterocycles. The molecule has 0 atom stereocenters. The number of anilines is 3. The second-order valence-electron chi connectivity index (χ2n) is 10.0. The van der Waals surface area contributed by atoms with Crippen LogP contribution in [0, 0.1) is 0 Å². The predicted molar refractivity (Wildman–Crippen MR) is 168 cm³/mol. The summed E-state index contributed by atoms with van der Waals surface area (Å²) in [5.74, 6) is 0. The number of hydrogen-bond acceptors (Lipinski definition) is 3. The van der Waals surface area contributed by atoms with E-state index in [1.807, 2.05) is 11.3 Å². The molecule has 0 saturated carbocycles. The molecule has 2 heterocycles. The summed E-state index contributed by atoms with van der Waals surface area (Å²) in [5.41, 5.74) is 9.71. The highest BCUT2D eigenvalue weighted by Gasteiger charge is 2.18. The molecule has 7 rings (SSSR count). The number of nitrogens with zero attached hydrogens (tertiary/aromatic N) is 2. The van der Waals surface area contributed by atoms with Crippen molar-refractivity contribution in [3.63, 3.8) is 0 Å². The second kappa shape index (κ2) is 9.94. The molecule has 39 heavy (non-hydrogen) atoms. The van der Waals surface area contributed by atoms with Gasteiger partial charge in [-0.3, -0.25) is 0 Å². The van der Waals surface area contributed by atoms with Gasteiger partial charge in [0.05, 0.1) is 6.54 Å². The fraction of sp³-hybridized carbons (Fsp3) is 0.0556. The molecule has 188 valence electrons. The summed E-state index contributed by atoms with van der Waals surface area (Å²) in [6.07, 6.45) is 4.43. The van der Waals surface area contributed by atoms with Crippen molar-refractivity contribution in [3.05, 3.63) is 144 Å². The zero-order valence-electron chi connectivity index (χ0n) is 21.8. The molecule has 0 amide bonds. The highest BCUT2D eigenvalue weighted by molar-refractivity contribution is 7.19. The summed E-state index contributed by atoms with van der Waals surface area (Å²) in [6, 6.07) is 45.8. The van der Waals surface area contributed by atoms with Crippen LogP contribution in [-0.4, -0.2) is 11.9 Å². The lowest BCUT2D eigenvalue weighted by Crippen LogP contribution is -2.12. The lowest BCUT2D eigenvalue weighted by Gasteiger charge is -2.26. The fourth-order valence-electron chi connectivity index (χ4n) is 5.39. The van der Waals surface area contributed by atoms with Crippen LogP contribution in [0.4, 0.5) is 17.1 Å². The molecule has 1 aromatic heterocycles. The van der Waals surface area contributed by atoms with E-state index in [0.29, 0.717) is 0 Å². The molecule has 1 aliphatic heterocycles. The van der Waals surface area contributed by atoms with Crippen LogP contribution in [0.3, 0.4) is 0 Å². The molecule has 1 aliphatic rings. The van der Waals surface area contributed by atoms with Gasteiger partial charge in [0.25, 0.3) is 0 Å². The number of fused-ring (bicyclic) bond motifs is 3. The Balaban J connectivity index is 1.32. The lowest BCUT2D eigenvalue weighted by molar-refractivity contribution is 0.453. The third kappa shape index (κ3) is 4.52. The standard InChI is InChI=1S/C36H28N2S/c1-37-23-22-34-33-21-20-32(24-35(33)39-36(34)25-37)38(30-16-12-28(13-17-30)26-8-4-2-5-9-26)31-18-14-29(15-19-31)27-10-6-3-7-11-27/h2-24H,25H2,1H3. The van der Waals surface area contributed by atoms with E-state index in [4.69, 9.17) is 0 Å². The van der Waals surface area contributed by atoms with Crippen molar-refractivity contribution in [3.8, 4) is 22.3 Å². The fourth-order valence-corrected chi connectivity index (χ4v) is 6.68. The third-order valence-electron chi connectivity index (χ3n) is 7.40. The van der Waals surface area contributed by atoms with Gasteiger partial charge >= 0.3 is 0 Å². The van der Waals surface area contributed by atoms with Crippen molar-refractivity contribution in [2.75, 3.05) is 11.9 Å². The van der Waals surface area contributed by atoms with E-state index < -0.39 is 0 Å². The van der Waals surface area contributed by atoms with E-state index in [-0.39, 0.29) is 0 Å². The van der Waals surface area contributed by atoms with Crippen LogP contribution in [0.15, 0.2) is 134 Å². The van der Waals surface area contributed by atoms with E-state index in [0.717, 1.165) is 17.9 Å². The Morgan fingerprint density at radius 3 is 1.67 bits per heavy atom. The summed E-state index contributed by atoms with van der Waals surface area (Å²) in [4.78, 5) is 6.04. The van der Waals surface area contributed by atoms with Crippen LogP contribution in [0.1, 0.15) is 10.4 Å². The smallest absolute Gasteiger partial charge is 0.0520 e. The molecule has 3 heteroatoms. The molecule has 0 N–H and O–H groups in total. The van der Waals surface area contributed by atoms with Gasteiger partial charge in [-0.25, -0.2) is 0 Å². The molecule has 0 radical (unpaired) electrons. The molecule has 0 aliphatic carbocycles. The van der Waals surface area contributed by atoms with Crippen LogP contribution in [-0.2, 0) is 6.54 Å². The van der Waals surface area contributed by atoms with E-state index >= 15 is 0 Å². The minimum Gasteiger partial charge on any atom is -0.375 e. The Morgan fingerprint density at radius 2 is 1.10 bits per heavy atom. The Labute approximate surface area is 233 Å². The monoisotopic (exact) mass is 520 g/mol. The maximum Gasteiger partial charge on any atom is 0.0520 e. The predicted octanol–water partition coefficient (Wildman–Crippen LogP) is 10.1. The zero-order valence-corrected chi connectivity index (χ0v) is 22.6. The van der Waals surface area contributed by atoms with E-state index in [9.17, 15) is 0 Å². The number of hydrogen-bond donors (Lipinski definition) is 0. The largest absolute Gasteiger partial charge is 0.375 e. The first kappa shape index (κ1) is 23.5. The Hall–Kier alpha value is -4.60. The van der Waals surface area contributed by atoms with Gasteiger partial charge in [0.1, 0.15) is 0 Å². The lowest BCUT2D eigenvalue weighted by atomic mass is 10.0. The van der Waals surface area contributed by atoms with Gasteiger partial charge in [-0.1, -0.05) is 91.0 Å². The molecular weight excluding hydrogens is 492 g/mol. The maximum absolute atomic E-state index is 2.36. The minimum atomic E-state index is 0.964. The Bertz CT molecular complexity index is 1680. The second-order valence-corrected chi connectivity index (χ2v) is 11.1. The number of benzene rings is 5. The van der Waals surface area contributed by atoms with Gasteiger partial charge in [-0.15, -0.1) is 11.3 Å². The maximum atomic E-state index is 2.36. The molecule has 5 aromatic carbocycles. The minimum absolute atomic E-state index is 0.964. The molecule has 0 unspecified atom stereocenters. The van der Waals surface area contributed by atoms with Crippen LogP contribution in [0.25, 0.3) is 38.4 Å². The van der Waals surface area contributed by atoms with Crippen molar-refractivity contribution in [1.29, 1.82) is 0 Å². The van der Waals surface area contributed by atoms with Crippen LogP contribution in [0.5, 0.6) is 0 Å². The molecule has 2 nitrogen and oxygen atoms in total. The summed E-state index contributed by atoms with van der Waals surface area (Å²) in [7, 11) is 2.13. The first-order valence-electron chi connectivity index (χ1n) is 13.3. The highest BCUT2D eigenvalue weighted by atomic mass is 32.1. The first-order chi connectivity index (χ1) is 19.2. The van der Waals surface area contributed by atoms with E-state index in [2.05, 4.69) is 157 Å². The molecule has 6 aromatic rings. The molecular formula is C36H28N2S. The third-order valence-corrected chi connectivity index (χ3v) is 8.55. The highest BCUT2D eigenvalue weighted by Crippen LogP contribution is 2.41. The topological polar surface area (TPSA) is 6.48 Å². The van der Waals surface area contributed by atoms with Crippen molar-refractivity contribution < 1.29 is 0 Å². The van der Waals surface area contributed by atoms with E-state index in [1.54, 1.807) is 0 Å².